The minimum Gasteiger partial charge on any atom is -0.369 e. The molecule has 1 aromatic heterocycles. The largest absolute Gasteiger partial charge is 0.430 e. The molecule has 0 bridgehead atoms. The van der Waals surface area contributed by atoms with Crippen molar-refractivity contribution in [1.82, 2.24) is 4.98 Å². The van der Waals surface area contributed by atoms with Gasteiger partial charge in [-0.15, -0.1) is 0 Å². The van der Waals surface area contributed by atoms with Gasteiger partial charge in [0.15, 0.2) is 0 Å². The fourth-order valence-corrected chi connectivity index (χ4v) is 4.02. The number of nitrogens with zero attached hydrogens (tertiary/aromatic N) is 2. The molecule has 3 nitrogen and oxygen atoms in total. The van der Waals surface area contributed by atoms with Crippen LogP contribution in [0.15, 0.2) is 54.6 Å². The van der Waals surface area contributed by atoms with E-state index in [1.54, 1.807) is 0 Å². The second kappa shape index (κ2) is 7.12. The van der Waals surface area contributed by atoms with E-state index in [2.05, 4.69) is 4.98 Å². The topological polar surface area (TPSA) is 36.4 Å². The van der Waals surface area contributed by atoms with Crippen molar-refractivity contribution in [3.8, 4) is 0 Å². The zero-order chi connectivity index (χ0) is 22.6. The molecule has 0 aliphatic carbocycles. The molecule has 1 aliphatic heterocycles. The Hall–Kier alpha value is -2.81. The van der Waals surface area contributed by atoms with Crippen LogP contribution < -0.4 is 4.90 Å². The zero-order valence-corrected chi connectivity index (χ0v) is 16.3. The van der Waals surface area contributed by atoms with E-state index >= 15 is 0 Å². The summed E-state index contributed by atoms with van der Waals surface area (Å²) in [6.07, 6.45) is -11.6. The van der Waals surface area contributed by atoms with E-state index in [4.69, 9.17) is 0 Å². The van der Waals surface area contributed by atoms with Gasteiger partial charge in [0.1, 0.15) is 0 Å². The first-order chi connectivity index (χ1) is 14.4. The van der Waals surface area contributed by atoms with Gasteiger partial charge in [0, 0.05) is 22.7 Å². The Kier molecular flexibility index (Phi) is 4.92. The van der Waals surface area contributed by atoms with Gasteiger partial charge >= 0.3 is 12.4 Å². The monoisotopic (exact) mass is 440 g/mol. The molecule has 31 heavy (non-hydrogen) atoms. The highest BCUT2D eigenvalue weighted by molar-refractivity contribution is 5.78. The summed E-state index contributed by atoms with van der Waals surface area (Å²) in [4.78, 5) is 6.47. The van der Waals surface area contributed by atoms with Crippen LogP contribution in [0, 0.1) is 0 Å². The summed E-state index contributed by atoms with van der Waals surface area (Å²) in [6.45, 7) is 2.18. The second-order valence-corrected chi connectivity index (χ2v) is 7.73. The molecule has 4 rings (SSSR count). The molecule has 0 saturated heterocycles. The number of fused-ring (bicyclic) bond motifs is 2. The van der Waals surface area contributed by atoms with Crippen LogP contribution in [0.4, 0.5) is 32.0 Å². The molecule has 1 aliphatic rings. The smallest absolute Gasteiger partial charge is 0.369 e. The molecule has 1 atom stereocenters. The number of benzene rings is 2. The summed E-state index contributed by atoms with van der Waals surface area (Å²) in [5.41, 5.74) is -3.79. The van der Waals surface area contributed by atoms with Crippen molar-refractivity contribution in [3.05, 3.63) is 71.4 Å². The predicted octanol–water partition coefficient (Wildman–Crippen LogP) is 5.50. The maximum absolute atomic E-state index is 13.2. The lowest BCUT2D eigenvalue weighted by Crippen LogP contribution is -2.53. The number of aliphatic hydroxyl groups is 1. The van der Waals surface area contributed by atoms with Crippen LogP contribution in [0.1, 0.15) is 23.7 Å². The van der Waals surface area contributed by atoms with E-state index in [0.29, 0.717) is 23.9 Å². The fraction of sp³-hybridized carbons (Fsp3) is 0.318. The lowest BCUT2D eigenvalue weighted by atomic mass is 9.90. The van der Waals surface area contributed by atoms with E-state index < -0.39 is 23.5 Å². The molecule has 2 aromatic carbocycles. The van der Waals surface area contributed by atoms with Crippen molar-refractivity contribution in [2.45, 2.75) is 43.9 Å². The standard InChI is InChI=1S/C22H18F6N2O/c1-13-10-15-11-16(20(31,21(23,24)25)22(26,27)28)7-9-19(15)30(13)12-17-8-6-14-4-2-3-5-18(14)29-17/h2-9,11,13,31H,10,12H2,1H3. The third-order valence-electron chi connectivity index (χ3n) is 5.66. The van der Waals surface area contributed by atoms with Gasteiger partial charge in [-0.2, -0.15) is 26.3 Å². The van der Waals surface area contributed by atoms with Gasteiger partial charge in [-0.1, -0.05) is 36.4 Å². The average Bonchev–Trinajstić information content (AvgIpc) is 3.00. The highest BCUT2D eigenvalue weighted by Gasteiger charge is 2.71. The van der Waals surface area contributed by atoms with Crippen molar-refractivity contribution in [1.29, 1.82) is 0 Å². The van der Waals surface area contributed by atoms with E-state index in [1.165, 1.54) is 6.07 Å². The Labute approximate surface area is 173 Å². The quantitative estimate of drug-likeness (QED) is 0.547. The van der Waals surface area contributed by atoms with Gasteiger partial charge in [-0.05, 0) is 37.1 Å². The molecule has 0 saturated carbocycles. The number of rotatable bonds is 3. The number of hydrogen-bond donors (Lipinski definition) is 1. The van der Waals surface area contributed by atoms with Crippen LogP contribution in [0.5, 0.6) is 0 Å². The number of halogens is 6. The van der Waals surface area contributed by atoms with E-state index in [-0.39, 0.29) is 12.5 Å². The second-order valence-electron chi connectivity index (χ2n) is 7.73. The Morgan fingerprint density at radius 1 is 0.968 bits per heavy atom. The third kappa shape index (κ3) is 3.50. The van der Waals surface area contributed by atoms with Crippen LogP contribution in [0.3, 0.4) is 0 Å². The lowest BCUT2D eigenvalue weighted by molar-refractivity contribution is -0.376. The maximum Gasteiger partial charge on any atom is 0.430 e. The number of anilines is 1. The minimum atomic E-state index is -5.90. The highest BCUT2D eigenvalue weighted by atomic mass is 19.4. The highest BCUT2D eigenvalue weighted by Crippen LogP contribution is 2.51. The van der Waals surface area contributed by atoms with Crippen molar-refractivity contribution < 1.29 is 31.4 Å². The fourth-order valence-electron chi connectivity index (χ4n) is 4.02. The van der Waals surface area contributed by atoms with Gasteiger partial charge < -0.3 is 10.0 Å². The van der Waals surface area contributed by atoms with Crippen molar-refractivity contribution >= 4 is 16.6 Å². The number of alkyl halides is 6. The predicted molar refractivity (Wildman–Crippen MR) is 104 cm³/mol. The molecule has 1 N–H and O–H groups in total. The van der Waals surface area contributed by atoms with E-state index in [9.17, 15) is 31.4 Å². The first-order valence-corrected chi connectivity index (χ1v) is 9.52. The molecule has 0 radical (unpaired) electrons. The summed E-state index contributed by atoms with van der Waals surface area (Å²) in [5.74, 6) is 0. The SMILES string of the molecule is CC1Cc2cc(C(O)(C(F)(F)F)C(F)(F)F)ccc2N1Cc1ccc2ccccc2n1. The number of aromatic nitrogens is 1. The molecule has 1 unspecified atom stereocenters. The Morgan fingerprint density at radius 2 is 1.65 bits per heavy atom. The van der Waals surface area contributed by atoms with Crippen LogP contribution in [0.25, 0.3) is 10.9 Å². The first kappa shape index (κ1) is 21.4. The van der Waals surface area contributed by atoms with Gasteiger partial charge in [-0.3, -0.25) is 4.98 Å². The molecule has 3 aromatic rings. The summed E-state index contributed by atoms with van der Waals surface area (Å²) in [7, 11) is 0. The third-order valence-corrected chi connectivity index (χ3v) is 5.66. The Bertz CT molecular complexity index is 1110. The molecule has 2 heterocycles. The van der Waals surface area contributed by atoms with Crippen molar-refractivity contribution in [3.63, 3.8) is 0 Å². The number of hydrogen-bond acceptors (Lipinski definition) is 3. The summed E-state index contributed by atoms with van der Waals surface area (Å²) >= 11 is 0. The Balaban J connectivity index is 1.69. The summed E-state index contributed by atoms with van der Waals surface area (Å²) in [6, 6.07) is 13.8. The van der Waals surface area contributed by atoms with Crippen LogP contribution in [0.2, 0.25) is 0 Å². The normalized spacial score (nSPS) is 17.3. The molecule has 164 valence electrons. The first-order valence-electron chi connectivity index (χ1n) is 9.52. The maximum atomic E-state index is 13.2. The van der Waals surface area contributed by atoms with Crippen LogP contribution in [-0.4, -0.2) is 28.5 Å². The lowest BCUT2D eigenvalue weighted by Gasteiger charge is -2.33. The molecule has 0 amide bonds. The van der Waals surface area contributed by atoms with Gasteiger partial charge in [0.05, 0.1) is 17.8 Å². The van der Waals surface area contributed by atoms with E-state index in [0.717, 1.165) is 22.7 Å². The summed E-state index contributed by atoms with van der Waals surface area (Å²) < 4.78 is 79.3. The van der Waals surface area contributed by atoms with Crippen LogP contribution in [-0.2, 0) is 18.6 Å². The number of pyridine rings is 1. The molecule has 9 heteroatoms. The zero-order valence-electron chi connectivity index (χ0n) is 16.3. The average molecular weight is 440 g/mol. The van der Waals surface area contributed by atoms with Crippen molar-refractivity contribution in [2.24, 2.45) is 0 Å². The minimum absolute atomic E-state index is 0.164. The summed E-state index contributed by atoms with van der Waals surface area (Å²) in [5, 5.41) is 10.6. The van der Waals surface area contributed by atoms with E-state index in [1.807, 2.05) is 48.2 Å². The van der Waals surface area contributed by atoms with Crippen molar-refractivity contribution in [2.75, 3.05) is 4.90 Å². The van der Waals surface area contributed by atoms with Gasteiger partial charge in [0.25, 0.3) is 5.60 Å². The van der Waals surface area contributed by atoms with Gasteiger partial charge in [-0.25, -0.2) is 0 Å². The Morgan fingerprint density at radius 3 is 2.32 bits per heavy atom. The molecule has 0 spiro atoms. The van der Waals surface area contributed by atoms with Gasteiger partial charge in [0.2, 0.25) is 0 Å². The molecule has 0 fully saturated rings. The molecular formula is C22H18F6N2O. The molecular weight excluding hydrogens is 422 g/mol. The van der Waals surface area contributed by atoms with Crippen LogP contribution >= 0.6 is 0 Å². The number of para-hydroxylation sites is 1.